The molecule has 1 aromatic carbocycles. The van der Waals surface area contributed by atoms with Gasteiger partial charge in [-0.15, -0.1) is 0 Å². The monoisotopic (exact) mass is 198 g/mol. The second kappa shape index (κ2) is 3.45. The number of carboxylic acid groups (broad SMARTS) is 1. The van der Waals surface area contributed by atoms with Crippen LogP contribution in [0, 0.1) is 12.7 Å². The molecule has 1 aromatic rings. The Labute approximate surface area is 78.6 Å². The van der Waals surface area contributed by atoms with E-state index in [-0.39, 0.29) is 5.56 Å². The van der Waals surface area contributed by atoms with E-state index in [1.165, 1.54) is 6.92 Å². The SMILES string of the molecule is Cc1cc(F)cc(C(=O)C(=O)O)c1O. The smallest absolute Gasteiger partial charge is 0.377 e. The zero-order chi connectivity index (χ0) is 10.9. The summed E-state index contributed by atoms with van der Waals surface area (Å²) in [7, 11) is 0. The maximum absolute atomic E-state index is 12.8. The average molecular weight is 198 g/mol. The van der Waals surface area contributed by atoms with E-state index in [2.05, 4.69) is 0 Å². The molecule has 0 aromatic heterocycles. The van der Waals surface area contributed by atoms with Crippen molar-refractivity contribution in [2.45, 2.75) is 6.92 Å². The molecule has 0 unspecified atom stereocenters. The number of carboxylic acids is 1. The summed E-state index contributed by atoms with van der Waals surface area (Å²) < 4.78 is 12.8. The number of rotatable bonds is 2. The highest BCUT2D eigenvalue weighted by atomic mass is 19.1. The molecule has 0 fully saturated rings. The number of aromatic hydroxyl groups is 1. The fraction of sp³-hybridized carbons (Fsp3) is 0.111. The lowest BCUT2D eigenvalue weighted by Gasteiger charge is -2.03. The number of hydrogen-bond acceptors (Lipinski definition) is 3. The van der Waals surface area contributed by atoms with Crippen LogP contribution in [0.15, 0.2) is 12.1 Å². The average Bonchev–Trinajstić information content (AvgIpc) is 2.09. The van der Waals surface area contributed by atoms with Crippen molar-refractivity contribution < 1.29 is 24.2 Å². The summed E-state index contributed by atoms with van der Waals surface area (Å²) in [4.78, 5) is 21.2. The first kappa shape index (κ1) is 10.2. The van der Waals surface area contributed by atoms with Gasteiger partial charge in [-0.1, -0.05) is 0 Å². The van der Waals surface area contributed by atoms with Crippen LogP contribution in [-0.2, 0) is 4.79 Å². The third-order valence-electron chi connectivity index (χ3n) is 1.70. The van der Waals surface area contributed by atoms with Gasteiger partial charge in [0.25, 0.3) is 5.78 Å². The van der Waals surface area contributed by atoms with E-state index in [0.29, 0.717) is 6.07 Å². The number of aliphatic carboxylic acids is 1. The Balaban J connectivity index is 3.34. The largest absolute Gasteiger partial charge is 0.507 e. The van der Waals surface area contributed by atoms with Gasteiger partial charge in [0.15, 0.2) is 0 Å². The molecule has 0 atom stereocenters. The number of phenolic OH excluding ortho intramolecular Hbond substituents is 1. The number of benzene rings is 1. The molecule has 1 rings (SSSR count). The number of aryl methyl sites for hydroxylation is 1. The third-order valence-corrected chi connectivity index (χ3v) is 1.70. The van der Waals surface area contributed by atoms with E-state index in [4.69, 9.17) is 5.11 Å². The second-order valence-corrected chi connectivity index (χ2v) is 2.75. The van der Waals surface area contributed by atoms with Crippen LogP contribution in [0.5, 0.6) is 5.75 Å². The summed E-state index contributed by atoms with van der Waals surface area (Å²) in [5, 5.41) is 17.6. The molecule has 0 heterocycles. The number of carbonyl (C=O) groups excluding carboxylic acids is 1. The van der Waals surface area contributed by atoms with Gasteiger partial charge in [-0.2, -0.15) is 0 Å². The van der Waals surface area contributed by atoms with Crippen LogP contribution in [0.1, 0.15) is 15.9 Å². The lowest BCUT2D eigenvalue weighted by molar-refractivity contribution is -0.131. The maximum Gasteiger partial charge on any atom is 0.377 e. The summed E-state index contributed by atoms with van der Waals surface area (Å²) in [6.07, 6.45) is 0. The van der Waals surface area contributed by atoms with E-state index in [0.717, 1.165) is 6.07 Å². The summed E-state index contributed by atoms with van der Waals surface area (Å²) in [6, 6.07) is 1.70. The summed E-state index contributed by atoms with van der Waals surface area (Å²) >= 11 is 0. The minimum Gasteiger partial charge on any atom is -0.507 e. The summed E-state index contributed by atoms with van der Waals surface area (Å²) in [5.74, 6) is -4.32. The molecular formula is C9H7FO4. The van der Waals surface area contributed by atoms with Gasteiger partial charge in [-0.3, -0.25) is 4.79 Å². The first-order chi connectivity index (χ1) is 6.43. The standard InChI is InChI=1S/C9H7FO4/c1-4-2-5(10)3-6(7(4)11)8(12)9(13)14/h2-3,11H,1H3,(H,13,14). The fourth-order valence-corrected chi connectivity index (χ4v) is 1.02. The molecule has 0 aliphatic heterocycles. The van der Waals surface area contributed by atoms with Crippen LogP contribution in [0.3, 0.4) is 0 Å². The van der Waals surface area contributed by atoms with Crippen molar-refractivity contribution in [3.05, 3.63) is 29.1 Å². The molecule has 0 amide bonds. The van der Waals surface area contributed by atoms with Crippen molar-refractivity contribution in [1.82, 2.24) is 0 Å². The minimum atomic E-state index is -1.73. The number of carbonyl (C=O) groups is 2. The highest BCUT2D eigenvalue weighted by Crippen LogP contribution is 2.23. The third kappa shape index (κ3) is 1.71. The van der Waals surface area contributed by atoms with Gasteiger partial charge in [0.2, 0.25) is 0 Å². The van der Waals surface area contributed by atoms with Crippen molar-refractivity contribution in [3.8, 4) is 5.75 Å². The molecule has 0 aliphatic carbocycles. The zero-order valence-electron chi connectivity index (χ0n) is 7.24. The molecular weight excluding hydrogens is 191 g/mol. The van der Waals surface area contributed by atoms with Crippen LogP contribution in [0.4, 0.5) is 4.39 Å². The van der Waals surface area contributed by atoms with Gasteiger partial charge < -0.3 is 10.2 Å². The van der Waals surface area contributed by atoms with Crippen molar-refractivity contribution in [1.29, 1.82) is 0 Å². The number of phenols is 1. The van der Waals surface area contributed by atoms with Gasteiger partial charge in [0.1, 0.15) is 11.6 Å². The molecule has 0 radical (unpaired) electrons. The van der Waals surface area contributed by atoms with Crippen LogP contribution >= 0.6 is 0 Å². The molecule has 4 nitrogen and oxygen atoms in total. The molecule has 0 aliphatic rings. The van der Waals surface area contributed by atoms with Crippen LogP contribution < -0.4 is 0 Å². The van der Waals surface area contributed by atoms with Crippen molar-refractivity contribution >= 4 is 11.8 Å². The predicted octanol–water partition coefficient (Wildman–Crippen LogP) is 1.11. The van der Waals surface area contributed by atoms with Crippen molar-refractivity contribution in [2.24, 2.45) is 0 Å². The van der Waals surface area contributed by atoms with Crippen LogP contribution in [-0.4, -0.2) is 22.0 Å². The Kier molecular flexibility index (Phi) is 2.51. The van der Waals surface area contributed by atoms with E-state index >= 15 is 0 Å². The second-order valence-electron chi connectivity index (χ2n) is 2.75. The molecule has 0 saturated heterocycles. The topological polar surface area (TPSA) is 74.6 Å². The Morgan fingerprint density at radius 1 is 1.36 bits per heavy atom. The van der Waals surface area contributed by atoms with Gasteiger partial charge in [-0.25, -0.2) is 9.18 Å². The predicted molar refractivity (Wildman–Crippen MR) is 44.8 cm³/mol. The zero-order valence-corrected chi connectivity index (χ0v) is 7.24. The number of halogens is 1. The molecule has 0 spiro atoms. The molecule has 14 heavy (non-hydrogen) atoms. The highest BCUT2D eigenvalue weighted by molar-refractivity contribution is 6.40. The first-order valence-electron chi connectivity index (χ1n) is 3.70. The number of Topliss-reactive ketones (excluding diaryl/α,β-unsaturated/α-hetero) is 1. The van der Waals surface area contributed by atoms with Crippen molar-refractivity contribution in [2.75, 3.05) is 0 Å². The van der Waals surface area contributed by atoms with Gasteiger partial charge in [-0.05, 0) is 24.6 Å². The molecule has 74 valence electrons. The summed E-state index contributed by atoms with van der Waals surface area (Å²) in [6.45, 7) is 1.37. The van der Waals surface area contributed by atoms with E-state index in [9.17, 15) is 19.1 Å². The fourth-order valence-electron chi connectivity index (χ4n) is 1.02. The van der Waals surface area contributed by atoms with Crippen molar-refractivity contribution in [3.63, 3.8) is 0 Å². The van der Waals surface area contributed by atoms with E-state index in [1.54, 1.807) is 0 Å². The van der Waals surface area contributed by atoms with Gasteiger partial charge in [0, 0.05) is 0 Å². The quantitative estimate of drug-likeness (QED) is 0.551. The molecule has 0 saturated carbocycles. The lowest BCUT2D eigenvalue weighted by atomic mass is 10.1. The molecule has 2 N–H and O–H groups in total. The first-order valence-corrected chi connectivity index (χ1v) is 3.70. The lowest BCUT2D eigenvalue weighted by Crippen LogP contribution is -2.13. The highest BCUT2D eigenvalue weighted by Gasteiger charge is 2.20. The Bertz CT molecular complexity index is 412. The summed E-state index contributed by atoms with van der Waals surface area (Å²) in [5.41, 5.74) is -0.412. The normalized spacial score (nSPS) is 9.86. The minimum absolute atomic E-state index is 0.120. The number of hydrogen-bond donors (Lipinski definition) is 2. The van der Waals surface area contributed by atoms with E-state index < -0.39 is 28.9 Å². The Hall–Kier alpha value is -1.91. The van der Waals surface area contributed by atoms with Gasteiger partial charge >= 0.3 is 5.97 Å². The number of ketones is 1. The maximum atomic E-state index is 12.8. The molecule has 0 bridgehead atoms. The van der Waals surface area contributed by atoms with E-state index in [1.807, 2.05) is 0 Å². The van der Waals surface area contributed by atoms with Gasteiger partial charge in [0.05, 0.1) is 5.56 Å². The Morgan fingerprint density at radius 3 is 2.43 bits per heavy atom. The van der Waals surface area contributed by atoms with Crippen LogP contribution in [0.25, 0.3) is 0 Å². The Morgan fingerprint density at radius 2 is 1.93 bits per heavy atom. The molecule has 5 heteroatoms. The van der Waals surface area contributed by atoms with Crippen LogP contribution in [0.2, 0.25) is 0 Å².